The third-order valence-corrected chi connectivity index (χ3v) is 5.43. The molecule has 1 amide bonds. The van der Waals surface area contributed by atoms with Gasteiger partial charge in [0.25, 0.3) is 0 Å². The van der Waals surface area contributed by atoms with Gasteiger partial charge in [0.2, 0.25) is 5.91 Å². The molecule has 1 saturated carbocycles. The first kappa shape index (κ1) is 18.7. The zero-order valence-electron chi connectivity index (χ0n) is 15.2. The van der Waals surface area contributed by atoms with Gasteiger partial charge in [-0.3, -0.25) is 9.69 Å². The number of rotatable bonds is 5. The van der Waals surface area contributed by atoms with Crippen LogP contribution in [-0.2, 0) is 9.53 Å². The van der Waals surface area contributed by atoms with Crippen molar-refractivity contribution in [3.8, 4) is 0 Å². The molecule has 1 atom stereocenters. The van der Waals surface area contributed by atoms with Gasteiger partial charge >= 0.3 is 0 Å². The van der Waals surface area contributed by atoms with Crippen molar-refractivity contribution in [2.45, 2.75) is 58.9 Å². The predicted octanol–water partition coefficient (Wildman–Crippen LogP) is 1.76. The molecule has 2 fully saturated rings. The van der Waals surface area contributed by atoms with E-state index in [2.05, 4.69) is 10.2 Å². The van der Waals surface area contributed by atoms with Gasteiger partial charge in [0.1, 0.15) is 0 Å². The fraction of sp³-hybridized carbons (Fsp3) is 0.944. The minimum Gasteiger partial charge on any atom is -0.379 e. The van der Waals surface area contributed by atoms with Crippen LogP contribution in [0.1, 0.15) is 52.9 Å². The second kappa shape index (κ2) is 7.95. The van der Waals surface area contributed by atoms with Gasteiger partial charge < -0.3 is 15.8 Å². The predicted molar refractivity (Wildman–Crippen MR) is 93.2 cm³/mol. The second-order valence-corrected chi connectivity index (χ2v) is 8.51. The van der Waals surface area contributed by atoms with Crippen LogP contribution in [-0.4, -0.2) is 56.2 Å². The average Bonchev–Trinajstić information content (AvgIpc) is 2.53. The molecule has 23 heavy (non-hydrogen) atoms. The van der Waals surface area contributed by atoms with Gasteiger partial charge in [0, 0.05) is 31.6 Å². The Hall–Kier alpha value is -0.650. The van der Waals surface area contributed by atoms with Crippen molar-refractivity contribution < 1.29 is 9.53 Å². The first-order valence-electron chi connectivity index (χ1n) is 9.16. The van der Waals surface area contributed by atoms with E-state index in [4.69, 9.17) is 10.5 Å². The van der Waals surface area contributed by atoms with Crippen molar-refractivity contribution in [3.05, 3.63) is 0 Å². The van der Waals surface area contributed by atoms with E-state index in [9.17, 15) is 4.79 Å². The Morgan fingerprint density at radius 2 is 1.83 bits per heavy atom. The Bertz CT molecular complexity index is 380. The van der Waals surface area contributed by atoms with Crippen molar-refractivity contribution in [2.24, 2.45) is 16.6 Å². The largest absolute Gasteiger partial charge is 0.379 e. The lowest BCUT2D eigenvalue weighted by Crippen LogP contribution is -2.54. The van der Waals surface area contributed by atoms with E-state index in [0.717, 1.165) is 39.4 Å². The Kier molecular flexibility index (Phi) is 6.46. The monoisotopic (exact) mass is 325 g/mol. The Labute approximate surface area is 141 Å². The molecule has 1 aliphatic heterocycles. The summed E-state index contributed by atoms with van der Waals surface area (Å²) in [6.45, 7) is 11.6. The number of nitrogens with two attached hydrogens (primary N) is 1. The molecular weight excluding hydrogens is 290 g/mol. The van der Waals surface area contributed by atoms with Gasteiger partial charge in [0.15, 0.2) is 0 Å². The smallest absolute Gasteiger partial charge is 0.237 e. The van der Waals surface area contributed by atoms with E-state index in [1.54, 1.807) is 0 Å². The summed E-state index contributed by atoms with van der Waals surface area (Å²) >= 11 is 0. The highest BCUT2D eigenvalue weighted by molar-refractivity contribution is 5.82. The number of nitrogens with one attached hydrogen (secondary N) is 1. The summed E-state index contributed by atoms with van der Waals surface area (Å²) < 4.78 is 5.46. The van der Waals surface area contributed by atoms with Crippen LogP contribution >= 0.6 is 0 Å². The van der Waals surface area contributed by atoms with Gasteiger partial charge in [-0.25, -0.2) is 0 Å². The highest BCUT2D eigenvalue weighted by Crippen LogP contribution is 2.37. The number of carbonyl (C=O) groups excluding carboxylic acids is 1. The van der Waals surface area contributed by atoms with Crippen LogP contribution in [0.3, 0.4) is 0 Å². The molecule has 2 rings (SSSR count). The van der Waals surface area contributed by atoms with Crippen LogP contribution in [0.2, 0.25) is 0 Å². The highest BCUT2D eigenvalue weighted by Gasteiger charge is 2.36. The van der Waals surface area contributed by atoms with Crippen LogP contribution < -0.4 is 11.1 Å². The number of morpholine rings is 1. The molecule has 0 aromatic carbocycles. The number of hydrogen-bond donors (Lipinski definition) is 2. The topological polar surface area (TPSA) is 67.6 Å². The third kappa shape index (κ3) is 5.44. The molecule has 0 spiro atoms. The Morgan fingerprint density at radius 3 is 2.39 bits per heavy atom. The number of ether oxygens (including phenoxy) is 1. The van der Waals surface area contributed by atoms with Gasteiger partial charge in [-0.1, -0.05) is 40.0 Å². The van der Waals surface area contributed by atoms with Gasteiger partial charge in [-0.2, -0.15) is 0 Å². The number of carbonyl (C=O) groups is 1. The summed E-state index contributed by atoms with van der Waals surface area (Å²) in [4.78, 5) is 14.9. The van der Waals surface area contributed by atoms with E-state index in [-0.39, 0.29) is 16.7 Å². The third-order valence-electron chi connectivity index (χ3n) is 5.43. The van der Waals surface area contributed by atoms with Crippen molar-refractivity contribution in [1.29, 1.82) is 0 Å². The summed E-state index contributed by atoms with van der Waals surface area (Å²) in [6.07, 6.45) is 6.27. The van der Waals surface area contributed by atoms with E-state index in [0.29, 0.717) is 0 Å². The maximum absolute atomic E-state index is 12.4. The second-order valence-electron chi connectivity index (χ2n) is 8.51. The maximum atomic E-state index is 12.4. The minimum absolute atomic E-state index is 0.00979. The standard InChI is InChI=1S/C18H35N3O2/c1-17(2,3)15(19)16(22)20-13-18(7-5-4-6-8-18)14-21-9-11-23-12-10-21/h15H,4-14,19H2,1-3H3,(H,20,22)/t15-/m1/s1. The summed E-state index contributed by atoms with van der Waals surface area (Å²) in [7, 11) is 0. The first-order chi connectivity index (χ1) is 10.8. The van der Waals surface area contributed by atoms with Gasteiger partial charge in [-0.05, 0) is 18.3 Å². The normalized spacial score (nSPS) is 24.2. The quantitative estimate of drug-likeness (QED) is 0.808. The van der Waals surface area contributed by atoms with Crippen LogP contribution in [0.25, 0.3) is 0 Å². The zero-order valence-corrected chi connectivity index (χ0v) is 15.2. The fourth-order valence-electron chi connectivity index (χ4n) is 3.70. The lowest BCUT2D eigenvalue weighted by atomic mass is 9.73. The molecule has 1 aliphatic carbocycles. The number of nitrogens with zero attached hydrogens (tertiary/aromatic N) is 1. The van der Waals surface area contributed by atoms with E-state index >= 15 is 0 Å². The van der Waals surface area contributed by atoms with Crippen molar-refractivity contribution in [1.82, 2.24) is 10.2 Å². The molecule has 2 aliphatic rings. The van der Waals surface area contributed by atoms with Gasteiger partial charge in [0.05, 0.1) is 19.3 Å². The first-order valence-corrected chi connectivity index (χ1v) is 9.16. The molecule has 0 bridgehead atoms. The fourth-order valence-corrected chi connectivity index (χ4v) is 3.70. The van der Waals surface area contributed by atoms with Crippen LogP contribution in [0.4, 0.5) is 0 Å². The zero-order chi connectivity index (χ0) is 16.9. The molecule has 5 heteroatoms. The molecule has 1 saturated heterocycles. The molecule has 0 aromatic heterocycles. The molecule has 3 N–H and O–H groups in total. The molecule has 0 aromatic rings. The van der Waals surface area contributed by atoms with E-state index < -0.39 is 6.04 Å². The van der Waals surface area contributed by atoms with Crippen LogP contribution in [0.15, 0.2) is 0 Å². The van der Waals surface area contributed by atoms with Crippen molar-refractivity contribution in [3.63, 3.8) is 0 Å². The molecule has 1 heterocycles. The summed E-state index contributed by atoms with van der Waals surface area (Å²) in [6, 6.07) is -0.452. The van der Waals surface area contributed by atoms with Crippen LogP contribution in [0.5, 0.6) is 0 Å². The van der Waals surface area contributed by atoms with Gasteiger partial charge in [-0.15, -0.1) is 0 Å². The highest BCUT2D eigenvalue weighted by atomic mass is 16.5. The van der Waals surface area contributed by atoms with Crippen molar-refractivity contribution in [2.75, 3.05) is 39.4 Å². The number of hydrogen-bond acceptors (Lipinski definition) is 4. The Balaban J connectivity index is 1.93. The maximum Gasteiger partial charge on any atom is 0.237 e. The number of amides is 1. The minimum atomic E-state index is -0.452. The molecule has 5 nitrogen and oxygen atoms in total. The van der Waals surface area contributed by atoms with Crippen molar-refractivity contribution >= 4 is 5.91 Å². The summed E-state index contributed by atoms with van der Waals surface area (Å²) in [5, 5.41) is 3.17. The van der Waals surface area contributed by atoms with E-state index in [1.807, 2.05) is 20.8 Å². The van der Waals surface area contributed by atoms with Crippen LogP contribution in [0, 0.1) is 10.8 Å². The summed E-state index contributed by atoms with van der Waals surface area (Å²) in [5.74, 6) is -0.00979. The average molecular weight is 325 g/mol. The lowest BCUT2D eigenvalue weighted by molar-refractivity contribution is -0.125. The SMILES string of the molecule is CC(C)(C)[C@H](N)C(=O)NCC1(CN2CCOCC2)CCCCC1. The molecule has 134 valence electrons. The molecule has 0 unspecified atom stereocenters. The summed E-state index contributed by atoms with van der Waals surface area (Å²) in [5.41, 5.74) is 6.11. The lowest BCUT2D eigenvalue weighted by Gasteiger charge is -2.42. The Morgan fingerprint density at radius 1 is 1.22 bits per heavy atom. The van der Waals surface area contributed by atoms with E-state index in [1.165, 1.54) is 32.1 Å². The molecule has 0 radical (unpaired) electrons. The molecular formula is C18H35N3O2.